The van der Waals surface area contributed by atoms with Crippen LogP contribution in [0.25, 0.3) is 0 Å². The Morgan fingerprint density at radius 2 is 2.09 bits per heavy atom. The highest BCUT2D eigenvalue weighted by molar-refractivity contribution is 5.95. The van der Waals surface area contributed by atoms with E-state index in [1.807, 2.05) is 0 Å². The van der Waals surface area contributed by atoms with Gasteiger partial charge in [-0.25, -0.2) is 5.43 Å². The molecule has 2 N–H and O–H groups in total. The van der Waals surface area contributed by atoms with Gasteiger partial charge in [0.05, 0.1) is 13.3 Å². The van der Waals surface area contributed by atoms with Crippen molar-refractivity contribution >= 4 is 12.1 Å². The Kier molecular flexibility index (Phi) is 4.01. The summed E-state index contributed by atoms with van der Waals surface area (Å²) in [6.45, 7) is 0.152. The normalized spacial score (nSPS) is 12.4. The number of hydrazone groups is 1. The van der Waals surface area contributed by atoms with Crippen LogP contribution in [0, 0.1) is 0 Å². The van der Waals surface area contributed by atoms with Gasteiger partial charge in [-0.1, -0.05) is 0 Å². The molecule has 3 rings (SSSR count). The molecule has 1 heterocycles. The molecule has 0 saturated carbocycles. The van der Waals surface area contributed by atoms with Crippen LogP contribution in [-0.2, 0) is 0 Å². The lowest BCUT2D eigenvalue weighted by Crippen LogP contribution is -2.17. The molecule has 23 heavy (non-hydrogen) atoms. The summed E-state index contributed by atoms with van der Waals surface area (Å²) in [5.41, 5.74) is 3.43. The third-order valence-electron chi connectivity index (χ3n) is 3.22. The second-order valence-electron chi connectivity index (χ2n) is 4.70. The minimum atomic E-state index is -0.378. The highest BCUT2D eigenvalue weighted by Crippen LogP contribution is 2.32. The van der Waals surface area contributed by atoms with Crippen molar-refractivity contribution in [3.05, 3.63) is 47.5 Å². The minimum absolute atomic E-state index is 0.00134. The zero-order chi connectivity index (χ0) is 16.2. The van der Waals surface area contributed by atoms with Gasteiger partial charge in [-0.15, -0.1) is 0 Å². The lowest BCUT2D eigenvalue weighted by Gasteiger charge is -2.03. The number of nitrogens with one attached hydrogen (secondary N) is 1. The summed E-state index contributed by atoms with van der Waals surface area (Å²) < 4.78 is 15.4. The molecule has 7 heteroatoms. The maximum absolute atomic E-state index is 12.0. The van der Waals surface area contributed by atoms with Crippen LogP contribution in [0.3, 0.4) is 0 Å². The van der Waals surface area contributed by atoms with E-state index in [4.69, 9.17) is 14.2 Å². The average Bonchev–Trinajstić information content (AvgIpc) is 3.02. The van der Waals surface area contributed by atoms with E-state index in [2.05, 4.69) is 10.5 Å². The second-order valence-corrected chi connectivity index (χ2v) is 4.70. The first-order valence-corrected chi connectivity index (χ1v) is 6.77. The van der Waals surface area contributed by atoms with Gasteiger partial charge in [0, 0.05) is 5.56 Å². The van der Waals surface area contributed by atoms with Gasteiger partial charge < -0.3 is 19.3 Å². The highest BCUT2D eigenvalue weighted by atomic mass is 16.7. The Bertz CT molecular complexity index is 773. The molecule has 0 aromatic heterocycles. The van der Waals surface area contributed by atoms with Crippen molar-refractivity contribution in [1.82, 2.24) is 5.43 Å². The van der Waals surface area contributed by atoms with Gasteiger partial charge in [-0.05, 0) is 42.0 Å². The molecule has 0 radical (unpaired) electrons. The van der Waals surface area contributed by atoms with Gasteiger partial charge in [0.1, 0.15) is 0 Å². The molecule has 7 nitrogen and oxygen atoms in total. The highest BCUT2D eigenvalue weighted by Gasteiger charge is 2.15. The molecule has 1 aliphatic heterocycles. The minimum Gasteiger partial charge on any atom is -0.504 e. The number of carbonyl (C=O) groups excluding carboxylic acids is 1. The van der Waals surface area contributed by atoms with Crippen LogP contribution in [0.5, 0.6) is 23.0 Å². The van der Waals surface area contributed by atoms with Gasteiger partial charge in [0.15, 0.2) is 23.0 Å². The van der Waals surface area contributed by atoms with Crippen molar-refractivity contribution < 1.29 is 24.1 Å². The Morgan fingerprint density at radius 1 is 1.26 bits per heavy atom. The van der Waals surface area contributed by atoms with Crippen LogP contribution >= 0.6 is 0 Å². The van der Waals surface area contributed by atoms with Gasteiger partial charge >= 0.3 is 0 Å². The number of fused-ring (bicyclic) bond motifs is 1. The summed E-state index contributed by atoms with van der Waals surface area (Å²) in [4.78, 5) is 12.0. The summed E-state index contributed by atoms with van der Waals surface area (Å²) in [6.07, 6.45) is 1.42. The van der Waals surface area contributed by atoms with Crippen molar-refractivity contribution in [3.63, 3.8) is 0 Å². The van der Waals surface area contributed by atoms with E-state index in [0.717, 1.165) is 0 Å². The predicted octanol–water partition coefficient (Wildman–Crippen LogP) is 1.89. The monoisotopic (exact) mass is 314 g/mol. The number of benzene rings is 2. The number of hydrogen-bond donors (Lipinski definition) is 2. The van der Waals surface area contributed by atoms with E-state index >= 15 is 0 Å². The quantitative estimate of drug-likeness (QED) is 0.664. The molecule has 0 fully saturated rings. The summed E-state index contributed by atoms with van der Waals surface area (Å²) in [5.74, 6) is 1.13. The third-order valence-corrected chi connectivity index (χ3v) is 3.22. The first-order chi connectivity index (χ1) is 11.2. The van der Waals surface area contributed by atoms with Gasteiger partial charge in [0.25, 0.3) is 5.91 Å². The number of phenolic OH excluding ortho intramolecular Hbond substituents is 1. The third kappa shape index (κ3) is 3.18. The van der Waals surface area contributed by atoms with Gasteiger partial charge in [-0.3, -0.25) is 4.79 Å². The maximum Gasteiger partial charge on any atom is 0.271 e. The molecule has 0 atom stereocenters. The number of carbonyl (C=O) groups is 1. The van der Waals surface area contributed by atoms with Crippen LogP contribution in [0.2, 0.25) is 0 Å². The smallest absolute Gasteiger partial charge is 0.271 e. The number of nitrogens with zero attached hydrogens (tertiary/aromatic N) is 1. The molecule has 2 aromatic rings. The molecule has 0 saturated heterocycles. The van der Waals surface area contributed by atoms with Crippen molar-refractivity contribution in [1.29, 1.82) is 0 Å². The van der Waals surface area contributed by atoms with E-state index in [1.165, 1.54) is 19.4 Å². The lowest BCUT2D eigenvalue weighted by atomic mass is 10.2. The SMILES string of the molecule is COc1ccc(/C=N/NC(=O)c2ccc3c(c2)OCO3)cc1O. The fourth-order valence-electron chi connectivity index (χ4n) is 2.06. The Balaban J connectivity index is 1.65. The lowest BCUT2D eigenvalue weighted by molar-refractivity contribution is 0.0954. The molecule has 0 unspecified atom stereocenters. The standard InChI is InChI=1S/C16H14N2O5/c1-21-13-4-2-10(6-12(13)19)8-17-18-16(20)11-3-5-14-15(7-11)23-9-22-14/h2-8,19H,9H2,1H3,(H,18,20)/b17-8+. The molecule has 2 aromatic carbocycles. The van der Waals surface area contributed by atoms with E-state index in [9.17, 15) is 9.90 Å². The molecule has 0 aliphatic carbocycles. The fraction of sp³-hybridized carbons (Fsp3) is 0.125. The second kappa shape index (κ2) is 6.27. The van der Waals surface area contributed by atoms with Gasteiger partial charge in [-0.2, -0.15) is 5.10 Å². The number of rotatable bonds is 4. The molecule has 0 spiro atoms. The largest absolute Gasteiger partial charge is 0.504 e. The zero-order valence-corrected chi connectivity index (χ0v) is 12.3. The number of hydrogen-bond acceptors (Lipinski definition) is 6. The zero-order valence-electron chi connectivity index (χ0n) is 12.3. The summed E-state index contributed by atoms with van der Waals surface area (Å²) in [7, 11) is 1.47. The van der Waals surface area contributed by atoms with Crippen LogP contribution in [-0.4, -0.2) is 31.1 Å². The van der Waals surface area contributed by atoms with Crippen LogP contribution < -0.4 is 19.6 Å². The number of ether oxygens (including phenoxy) is 3. The molecule has 1 aliphatic rings. The average molecular weight is 314 g/mol. The molecular weight excluding hydrogens is 300 g/mol. The Labute approximate surface area is 132 Å². The Morgan fingerprint density at radius 3 is 2.87 bits per heavy atom. The number of methoxy groups -OCH3 is 1. The van der Waals surface area contributed by atoms with Crippen molar-refractivity contribution in [2.45, 2.75) is 0 Å². The molecule has 1 amide bonds. The Hall–Kier alpha value is -3.22. The fourth-order valence-corrected chi connectivity index (χ4v) is 2.06. The topological polar surface area (TPSA) is 89.4 Å². The first-order valence-electron chi connectivity index (χ1n) is 6.77. The number of aromatic hydroxyl groups is 1. The van der Waals surface area contributed by atoms with E-state index in [-0.39, 0.29) is 18.4 Å². The van der Waals surface area contributed by atoms with Crippen molar-refractivity contribution in [2.75, 3.05) is 13.9 Å². The first kappa shape index (κ1) is 14.7. The summed E-state index contributed by atoms with van der Waals surface area (Å²) in [6, 6.07) is 9.67. The number of phenols is 1. The molecule has 118 valence electrons. The van der Waals surface area contributed by atoms with Crippen LogP contribution in [0.4, 0.5) is 0 Å². The maximum atomic E-state index is 12.0. The van der Waals surface area contributed by atoms with Crippen molar-refractivity contribution in [3.8, 4) is 23.0 Å². The van der Waals surface area contributed by atoms with E-state index < -0.39 is 0 Å². The predicted molar refractivity (Wildman–Crippen MR) is 82.3 cm³/mol. The molecular formula is C16H14N2O5. The van der Waals surface area contributed by atoms with Crippen LogP contribution in [0.1, 0.15) is 15.9 Å². The van der Waals surface area contributed by atoms with Crippen molar-refractivity contribution in [2.24, 2.45) is 5.10 Å². The summed E-state index contributed by atoms with van der Waals surface area (Å²) >= 11 is 0. The van der Waals surface area contributed by atoms with Gasteiger partial charge in [0.2, 0.25) is 6.79 Å². The van der Waals surface area contributed by atoms with E-state index in [1.54, 1.807) is 30.3 Å². The summed E-state index contributed by atoms with van der Waals surface area (Å²) in [5, 5.41) is 13.5. The molecule has 0 bridgehead atoms. The number of amides is 1. The van der Waals surface area contributed by atoms with E-state index in [0.29, 0.717) is 28.4 Å². The van der Waals surface area contributed by atoms with Crippen LogP contribution in [0.15, 0.2) is 41.5 Å².